The number of carbonyl (C=O) groups is 1. The Morgan fingerprint density at radius 3 is 2.58 bits per heavy atom. The predicted molar refractivity (Wildman–Crippen MR) is 150 cm³/mol. The highest BCUT2D eigenvalue weighted by Gasteiger charge is 2.34. The number of H-pyrrole nitrogens is 1. The minimum Gasteiger partial charge on any atom is -0.308 e. The number of aromatic amines is 1. The highest BCUT2D eigenvalue weighted by Crippen LogP contribution is 2.35. The van der Waals surface area contributed by atoms with Crippen LogP contribution in [0.5, 0.6) is 0 Å². The van der Waals surface area contributed by atoms with Gasteiger partial charge in [-0.2, -0.15) is 0 Å². The molecule has 0 bridgehead atoms. The molecule has 0 spiro atoms. The lowest BCUT2D eigenvalue weighted by molar-refractivity contribution is -0.119. The molecule has 38 heavy (non-hydrogen) atoms. The van der Waals surface area contributed by atoms with Crippen molar-refractivity contribution in [3.05, 3.63) is 111 Å². The van der Waals surface area contributed by atoms with Crippen molar-refractivity contribution in [3.8, 4) is 0 Å². The third kappa shape index (κ3) is 4.00. The van der Waals surface area contributed by atoms with Gasteiger partial charge < -0.3 is 9.88 Å². The number of benzodiazepines with no additional fused rings is 1. The monoisotopic (exact) mass is 526 g/mol. The lowest BCUT2D eigenvalue weighted by Crippen LogP contribution is -2.39. The molecule has 1 N–H and O–H groups in total. The van der Waals surface area contributed by atoms with E-state index in [9.17, 15) is 9.59 Å². The van der Waals surface area contributed by atoms with Crippen molar-refractivity contribution in [2.45, 2.75) is 19.4 Å². The van der Waals surface area contributed by atoms with E-state index in [0.717, 1.165) is 21.9 Å². The van der Waals surface area contributed by atoms with Gasteiger partial charge in [0, 0.05) is 36.2 Å². The number of nitrogens with one attached hydrogen (secondary N) is 1. The zero-order chi connectivity index (χ0) is 26.6. The Bertz CT molecular complexity index is 1840. The van der Waals surface area contributed by atoms with Crippen LogP contribution in [0.3, 0.4) is 0 Å². The van der Waals surface area contributed by atoms with Crippen LogP contribution >= 0.6 is 11.6 Å². The molecular weight excluding hydrogens is 503 g/mol. The molecule has 1 aliphatic rings. The number of fused-ring (bicyclic) bond motifs is 3. The Labute approximate surface area is 223 Å². The van der Waals surface area contributed by atoms with E-state index in [1.165, 1.54) is 15.5 Å². The van der Waals surface area contributed by atoms with E-state index < -0.39 is 11.9 Å². The maximum Gasteiger partial charge on any atom is 0.326 e. The van der Waals surface area contributed by atoms with Crippen molar-refractivity contribution in [1.82, 2.24) is 9.55 Å². The minimum absolute atomic E-state index is 0.156. The fourth-order valence-electron chi connectivity index (χ4n) is 5.24. The number of imidazole rings is 1. The molecule has 1 aliphatic heterocycles. The number of aromatic nitrogens is 2. The number of rotatable bonds is 4. The first-order valence-electron chi connectivity index (χ1n) is 12.4. The smallest absolute Gasteiger partial charge is 0.308 e. The second kappa shape index (κ2) is 9.26. The van der Waals surface area contributed by atoms with Crippen molar-refractivity contribution in [1.29, 1.82) is 0 Å². The van der Waals surface area contributed by atoms with Gasteiger partial charge in [0.25, 0.3) is 5.91 Å². The van der Waals surface area contributed by atoms with Gasteiger partial charge >= 0.3 is 5.69 Å². The number of anilines is 1. The number of nitrogens with zero attached hydrogens (tertiary/aromatic N) is 3. The van der Waals surface area contributed by atoms with Crippen LogP contribution < -0.4 is 10.6 Å². The summed E-state index contributed by atoms with van der Waals surface area (Å²) in [5.74, 6) is -0.872. The number of aliphatic imine (C=N–C) groups is 1. The number of amides is 1. The van der Waals surface area contributed by atoms with Gasteiger partial charge in [-0.25, -0.2) is 9.18 Å². The van der Waals surface area contributed by atoms with Gasteiger partial charge in [0.05, 0.1) is 22.4 Å². The summed E-state index contributed by atoms with van der Waals surface area (Å²) >= 11 is 6.31. The van der Waals surface area contributed by atoms with E-state index in [4.69, 9.17) is 16.6 Å². The second-order valence-electron chi connectivity index (χ2n) is 9.47. The summed E-state index contributed by atoms with van der Waals surface area (Å²) in [5, 5.41) is 2.39. The van der Waals surface area contributed by atoms with Gasteiger partial charge in [0.1, 0.15) is 11.9 Å². The molecule has 5 aromatic rings. The summed E-state index contributed by atoms with van der Waals surface area (Å²) in [6, 6.07) is 21.6. The minimum atomic E-state index is -0.790. The van der Waals surface area contributed by atoms with Crippen LogP contribution in [-0.4, -0.2) is 33.8 Å². The number of hydrogen-bond acceptors (Lipinski definition) is 3. The zero-order valence-electron chi connectivity index (χ0n) is 20.8. The Hall–Kier alpha value is -4.23. The normalized spacial score (nSPS) is 15.6. The van der Waals surface area contributed by atoms with Crippen LogP contribution in [0.15, 0.2) is 82.6 Å². The summed E-state index contributed by atoms with van der Waals surface area (Å²) in [6.07, 6.45) is 0.345. The molecule has 0 saturated carbocycles. The number of hydrogen-bond donors (Lipinski definition) is 1. The van der Waals surface area contributed by atoms with Crippen LogP contribution in [0.2, 0.25) is 5.02 Å². The first kappa shape index (κ1) is 24.1. The molecular formula is C30H24ClFN4O2. The van der Waals surface area contributed by atoms with Gasteiger partial charge in [-0.05, 0) is 47.5 Å². The first-order valence-corrected chi connectivity index (χ1v) is 12.8. The number of benzene rings is 4. The Balaban J connectivity index is 1.55. The van der Waals surface area contributed by atoms with Crippen LogP contribution in [0, 0.1) is 5.82 Å². The summed E-state index contributed by atoms with van der Waals surface area (Å²) in [5.41, 5.74) is 3.75. The van der Waals surface area contributed by atoms with E-state index in [0.29, 0.717) is 28.8 Å². The predicted octanol–water partition coefficient (Wildman–Crippen LogP) is 5.63. The highest BCUT2D eigenvalue weighted by molar-refractivity contribution is 6.32. The van der Waals surface area contributed by atoms with Gasteiger partial charge in [-0.3, -0.25) is 14.4 Å². The van der Waals surface area contributed by atoms with Gasteiger partial charge in [0.15, 0.2) is 0 Å². The lowest BCUT2D eigenvalue weighted by Gasteiger charge is -2.24. The third-order valence-electron chi connectivity index (χ3n) is 7.13. The van der Waals surface area contributed by atoms with Gasteiger partial charge in [0.2, 0.25) is 0 Å². The van der Waals surface area contributed by atoms with E-state index >= 15 is 4.39 Å². The highest BCUT2D eigenvalue weighted by atomic mass is 35.5. The largest absolute Gasteiger partial charge is 0.326 e. The van der Waals surface area contributed by atoms with E-state index in [1.807, 2.05) is 55.5 Å². The third-order valence-corrected chi connectivity index (χ3v) is 7.34. The molecule has 1 aromatic heterocycles. The van der Waals surface area contributed by atoms with E-state index in [2.05, 4.69) is 11.1 Å². The average molecular weight is 527 g/mol. The van der Waals surface area contributed by atoms with Crippen LogP contribution in [0.4, 0.5) is 10.1 Å². The fraction of sp³-hybridized carbons (Fsp3) is 0.167. The Morgan fingerprint density at radius 2 is 1.79 bits per heavy atom. The molecule has 1 amide bonds. The SMILES string of the molecule is CCN1C(=O)C(Cc2ccc3ccccc3c2)N=C(c2ccc3c(c2)[nH]c(=O)n3C)c2cc(Cl)cc(F)c21. The molecule has 4 aromatic carbocycles. The molecule has 1 atom stereocenters. The Morgan fingerprint density at radius 1 is 1.00 bits per heavy atom. The zero-order valence-corrected chi connectivity index (χ0v) is 21.6. The molecule has 2 heterocycles. The average Bonchev–Trinajstić information content (AvgIpc) is 3.13. The van der Waals surface area contributed by atoms with Crippen LogP contribution in [-0.2, 0) is 18.3 Å². The maximum atomic E-state index is 15.5. The van der Waals surface area contributed by atoms with Crippen LogP contribution in [0.25, 0.3) is 21.8 Å². The number of halogens is 2. The van der Waals surface area contributed by atoms with Crippen molar-refractivity contribution in [2.75, 3.05) is 11.4 Å². The van der Waals surface area contributed by atoms with Crippen molar-refractivity contribution in [2.24, 2.45) is 12.0 Å². The summed E-state index contributed by atoms with van der Waals surface area (Å²) < 4.78 is 17.0. The number of aryl methyl sites for hydroxylation is 1. The summed E-state index contributed by atoms with van der Waals surface area (Å²) in [4.78, 5) is 35.3. The maximum absolute atomic E-state index is 15.5. The standard InChI is InChI=1S/C30H24ClFN4O2/c1-3-36-28-22(15-21(31)16-23(28)32)27(20-10-11-26-24(14-20)34-30(38)35(26)2)33-25(29(36)37)13-17-8-9-18-6-4-5-7-19(18)12-17/h4-12,14-16,25H,3,13H2,1-2H3,(H,34,38). The summed E-state index contributed by atoms with van der Waals surface area (Å²) in [7, 11) is 1.69. The number of likely N-dealkylation sites (N-methyl/N-ethyl adjacent to an activating group) is 1. The van der Waals surface area contributed by atoms with Crippen molar-refractivity contribution >= 4 is 50.7 Å². The van der Waals surface area contributed by atoms with Crippen LogP contribution in [0.1, 0.15) is 23.6 Å². The van der Waals surface area contributed by atoms with Gasteiger partial charge in [-0.15, -0.1) is 0 Å². The topological polar surface area (TPSA) is 70.5 Å². The van der Waals surface area contributed by atoms with Gasteiger partial charge in [-0.1, -0.05) is 60.1 Å². The molecule has 0 radical (unpaired) electrons. The van der Waals surface area contributed by atoms with Crippen molar-refractivity contribution < 1.29 is 9.18 Å². The second-order valence-corrected chi connectivity index (χ2v) is 9.90. The van der Waals surface area contributed by atoms with E-state index in [1.54, 1.807) is 19.2 Å². The molecule has 0 aliphatic carbocycles. The molecule has 1 unspecified atom stereocenters. The molecule has 6 rings (SSSR count). The molecule has 0 saturated heterocycles. The lowest BCUT2D eigenvalue weighted by atomic mass is 9.99. The van der Waals surface area contributed by atoms with Crippen molar-refractivity contribution in [3.63, 3.8) is 0 Å². The molecule has 0 fully saturated rings. The quantitative estimate of drug-likeness (QED) is 0.330. The summed E-state index contributed by atoms with van der Waals surface area (Å²) in [6.45, 7) is 2.08. The first-order chi connectivity index (χ1) is 18.3. The van der Waals surface area contributed by atoms with E-state index in [-0.39, 0.29) is 28.9 Å². The Kier molecular flexibility index (Phi) is 5.88. The molecule has 8 heteroatoms. The molecule has 190 valence electrons. The molecule has 6 nitrogen and oxygen atoms in total. The number of carbonyl (C=O) groups excluding carboxylic acids is 1. The fourth-order valence-corrected chi connectivity index (χ4v) is 5.45.